The number of likely N-dealkylation sites (tertiary alicyclic amines) is 1. The third-order valence-electron chi connectivity index (χ3n) is 8.39. The summed E-state index contributed by atoms with van der Waals surface area (Å²) < 4.78 is 12.6. The van der Waals surface area contributed by atoms with Gasteiger partial charge in [0.25, 0.3) is 0 Å². The second-order valence-corrected chi connectivity index (χ2v) is 11.9. The number of fused-ring (bicyclic) bond motifs is 1. The molecule has 4 nitrogen and oxygen atoms in total. The lowest BCUT2D eigenvalue weighted by atomic mass is 9.55. The highest BCUT2D eigenvalue weighted by molar-refractivity contribution is 5.75. The van der Waals surface area contributed by atoms with Crippen LogP contribution in [0.2, 0.25) is 0 Å². The van der Waals surface area contributed by atoms with E-state index in [2.05, 4.69) is 52.2 Å². The van der Waals surface area contributed by atoms with Gasteiger partial charge in [-0.2, -0.15) is 0 Å². The molecule has 1 spiro atoms. The molecule has 0 N–H and O–H groups in total. The molecule has 4 aliphatic rings. The summed E-state index contributed by atoms with van der Waals surface area (Å²) in [7, 11) is 0. The van der Waals surface area contributed by atoms with Crippen LogP contribution >= 0.6 is 0 Å². The monoisotopic (exact) mass is 437 g/mol. The van der Waals surface area contributed by atoms with E-state index in [0.29, 0.717) is 24.1 Å². The van der Waals surface area contributed by atoms with Gasteiger partial charge in [0.2, 0.25) is 0 Å². The van der Waals surface area contributed by atoms with Crippen LogP contribution < -0.4 is 9.47 Å². The van der Waals surface area contributed by atoms with Crippen LogP contribution in [-0.2, 0) is 16.6 Å². The molecule has 2 fully saturated rings. The summed E-state index contributed by atoms with van der Waals surface area (Å²) in [5, 5.41) is 0. The Kier molecular flexibility index (Phi) is 5.24. The zero-order valence-corrected chi connectivity index (χ0v) is 20.5. The Hall–Kier alpha value is -1.81. The highest BCUT2D eigenvalue weighted by Gasteiger charge is 2.61. The average Bonchev–Trinajstić information content (AvgIpc) is 3.46. The van der Waals surface area contributed by atoms with Gasteiger partial charge in [-0.25, -0.2) is 0 Å². The SMILES string of the molecule is C=C(CC)C1Oc2c(OC(=O)CC(C)(C)C)ccc3c2C12CCN(CC1CC1)C(C3)C2C. The standard InChI is InChI=1S/C28H39NO3/c1-7-17(2)26-28-12-13-29(16-19-8-9-19)21(18(28)3)14-20-10-11-22(25(32-26)24(20)28)31-23(30)15-27(4,5)6/h10-11,18-19,21,26H,2,7-9,12-16H2,1,3-6H3. The number of carbonyl (C=O) groups is 1. The first-order valence-corrected chi connectivity index (χ1v) is 12.6. The third kappa shape index (κ3) is 3.50. The van der Waals surface area contributed by atoms with Gasteiger partial charge in [-0.1, -0.05) is 47.3 Å². The van der Waals surface area contributed by atoms with Crippen LogP contribution in [0.15, 0.2) is 24.3 Å². The van der Waals surface area contributed by atoms with E-state index in [-0.39, 0.29) is 22.9 Å². The summed E-state index contributed by atoms with van der Waals surface area (Å²) >= 11 is 0. The van der Waals surface area contributed by atoms with Crippen molar-refractivity contribution in [3.63, 3.8) is 0 Å². The number of hydrogen-bond donors (Lipinski definition) is 0. The Morgan fingerprint density at radius 1 is 1.31 bits per heavy atom. The number of rotatable bonds is 6. The summed E-state index contributed by atoms with van der Waals surface area (Å²) in [5.74, 6) is 2.60. The molecular weight excluding hydrogens is 398 g/mol. The molecule has 1 aromatic rings. The molecule has 4 unspecified atom stereocenters. The molecule has 1 saturated heterocycles. The Morgan fingerprint density at radius 2 is 2.06 bits per heavy atom. The van der Waals surface area contributed by atoms with Crippen molar-refractivity contribution in [2.75, 3.05) is 13.1 Å². The molecule has 4 atom stereocenters. The zero-order chi connectivity index (χ0) is 22.8. The minimum absolute atomic E-state index is 0.0374. The van der Waals surface area contributed by atoms with Crippen LogP contribution in [0.1, 0.15) is 77.8 Å². The Bertz CT molecular complexity index is 941. The van der Waals surface area contributed by atoms with Gasteiger partial charge >= 0.3 is 5.97 Å². The molecule has 2 aliphatic heterocycles. The van der Waals surface area contributed by atoms with Crippen molar-refractivity contribution >= 4 is 5.97 Å². The molecule has 2 aliphatic carbocycles. The number of ether oxygens (including phenoxy) is 2. The number of piperidine rings is 1. The summed E-state index contributed by atoms with van der Waals surface area (Å²) in [5.41, 5.74) is 3.68. The van der Waals surface area contributed by atoms with E-state index in [1.165, 1.54) is 30.5 Å². The van der Waals surface area contributed by atoms with Crippen molar-refractivity contribution in [2.45, 2.75) is 90.7 Å². The maximum atomic E-state index is 12.7. The van der Waals surface area contributed by atoms with Gasteiger partial charge in [-0.05, 0) is 73.1 Å². The Labute approximate surface area is 193 Å². The first-order chi connectivity index (χ1) is 15.1. The predicted molar refractivity (Wildman–Crippen MR) is 127 cm³/mol. The molecule has 174 valence electrons. The van der Waals surface area contributed by atoms with Crippen molar-refractivity contribution in [3.8, 4) is 11.5 Å². The number of hydrogen-bond acceptors (Lipinski definition) is 4. The van der Waals surface area contributed by atoms with Crippen molar-refractivity contribution < 1.29 is 14.3 Å². The van der Waals surface area contributed by atoms with Crippen molar-refractivity contribution in [2.24, 2.45) is 17.3 Å². The fourth-order valence-electron chi connectivity index (χ4n) is 6.56. The lowest BCUT2D eigenvalue weighted by Crippen LogP contribution is -2.62. The molecule has 0 radical (unpaired) electrons. The van der Waals surface area contributed by atoms with E-state index < -0.39 is 0 Å². The topological polar surface area (TPSA) is 38.8 Å². The molecule has 0 aromatic heterocycles. The van der Waals surface area contributed by atoms with Crippen LogP contribution in [-0.4, -0.2) is 36.1 Å². The largest absolute Gasteiger partial charge is 0.481 e. The maximum absolute atomic E-state index is 12.7. The number of esters is 1. The number of carbonyl (C=O) groups excluding carboxylic acids is 1. The summed E-state index contributed by atoms with van der Waals surface area (Å²) in [4.78, 5) is 15.4. The van der Waals surface area contributed by atoms with Gasteiger partial charge in [-0.15, -0.1) is 0 Å². The third-order valence-corrected chi connectivity index (χ3v) is 8.39. The van der Waals surface area contributed by atoms with E-state index in [9.17, 15) is 4.79 Å². The van der Waals surface area contributed by atoms with Gasteiger partial charge in [0.15, 0.2) is 11.5 Å². The smallest absolute Gasteiger partial charge is 0.311 e. The fraction of sp³-hybridized carbons (Fsp3) is 0.679. The minimum Gasteiger partial charge on any atom is -0.481 e. The van der Waals surface area contributed by atoms with E-state index in [1.54, 1.807) is 0 Å². The summed E-state index contributed by atoms with van der Waals surface area (Å²) in [6.45, 7) is 17.6. The number of benzene rings is 1. The van der Waals surface area contributed by atoms with E-state index in [4.69, 9.17) is 9.47 Å². The minimum atomic E-state index is -0.190. The van der Waals surface area contributed by atoms with Crippen molar-refractivity contribution in [1.29, 1.82) is 0 Å². The van der Waals surface area contributed by atoms with Crippen molar-refractivity contribution in [1.82, 2.24) is 4.90 Å². The van der Waals surface area contributed by atoms with Gasteiger partial charge in [0.05, 0.1) is 6.42 Å². The van der Waals surface area contributed by atoms with Crippen LogP contribution in [0.5, 0.6) is 11.5 Å². The van der Waals surface area contributed by atoms with Gasteiger partial charge in [0, 0.05) is 23.6 Å². The van der Waals surface area contributed by atoms with Crippen LogP contribution in [0.3, 0.4) is 0 Å². The maximum Gasteiger partial charge on any atom is 0.311 e. The zero-order valence-electron chi connectivity index (χ0n) is 20.5. The highest BCUT2D eigenvalue weighted by Crippen LogP contribution is 2.61. The first-order valence-electron chi connectivity index (χ1n) is 12.6. The predicted octanol–water partition coefficient (Wildman–Crippen LogP) is 5.67. The molecule has 0 amide bonds. The second kappa shape index (κ2) is 7.62. The molecule has 1 aromatic carbocycles. The normalized spacial score (nSPS) is 31.1. The van der Waals surface area contributed by atoms with Crippen molar-refractivity contribution in [3.05, 3.63) is 35.4 Å². The van der Waals surface area contributed by atoms with Crippen LogP contribution in [0.4, 0.5) is 0 Å². The van der Waals surface area contributed by atoms with Gasteiger partial charge in [0.1, 0.15) is 6.10 Å². The van der Waals surface area contributed by atoms with E-state index in [1.807, 2.05) is 6.07 Å². The molecule has 5 rings (SSSR count). The van der Waals surface area contributed by atoms with Gasteiger partial charge in [-0.3, -0.25) is 9.69 Å². The molecule has 1 saturated carbocycles. The first kappa shape index (κ1) is 22.0. The van der Waals surface area contributed by atoms with E-state index in [0.717, 1.165) is 43.0 Å². The quantitative estimate of drug-likeness (QED) is 0.327. The summed E-state index contributed by atoms with van der Waals surface area (Å²) in [6.07, 6.45) is 6.18. The lowest BCUT2D eigenvalue weighted by Gasteiger charge is -2.55. The lowest BCUT2D eigenvalue weighted by molar-refractivity contribution is -0.136. The van der Waals surface area contributed by atoms with Crippen LogP contribution in [0.25, 0.3) is 0 Å². The highest BCUT2D eigenvalue weighted by atomic mass is 16.6. The molecule has 2 bridgehead atoms. The van der Waals surface area contributed by atoms with E-state index >= 15 is 0 Å². The average molecular weight is 438 g/mol. The van der Waals surface area contributed by atoms with Gasteiger partial charge < -0.3 is 9.47 Å². The number of nitrogens with zero attached hydrogens (tertiary/aromatic N) is 1. The molecule has 2 heterocycles. The fourth-order valence-corrected chi connectivity index (χ4v) is 6.56. The Balaban J connectivity index is 1.55. The second-order valence-electron chi connectivity index (χ2n) is 11.9. The molecule has 4 heteroatoms. The summed E-state index contributed by atoms with van der Waals surface area (Å²) in [6, 6.07) is 4.72. The Morgan fingerprint density at radius 3 is 2.72 bits per heavy atom. The molecule has 32 heavy (non-hydrogen) atoms. The van der Waals surface area contributed by atoms with Crippen LogP contribution in [0, 0.1) is 17.3 Å². The molecular formula is C28H39NO3.